The Balaban J connectivity index is 4.94. The van der Waals surface area contributed by atoms with Crippen LogP contribution in [0.3, 0.4) is 0 Å². The minimum atomic E-state index is -0.619. The molecule has 0 spiro atoms. The van der Waals surface area contributed by atoms with Crippen LogP contribution in [-0.4, -0.2) is 16.4 Å². The summed E-state index contributed by atoms with van der Waals surface area (Å²) in [5.41, 5.74) is -0.619. The number of hydrogen-bond acceptors (Lipinski definition) is 1. The lowest BCUT2D eigenvalue weighted by Crippen LogP contribution is -2.37. The highest BCUT2D eigenvalue weighted by Gasteiger charge is 2.40. The highest BCUT2D eigenvalue weighted by atomic mass is 79.9. The molecule has 0 saturated heterocycles. The number of rotatable bonds is 20. The molecule has 0 aromatic rings. The van der Waals surface area contributed by atoms with Gasteiger partial charge in [-0.05, 0) is 38.5 Å². The van der Waals surface area contributed by atoms with Crippen molar-refractivity contribution in [2.24, 2.45) is 17.3 Å². The van der Waals surface area contributed by atoms with Crippen molar-refractivity contribution >= 4 is 21.9 Å². The van der Waals surface area contributed by atoms with Crippen LogP contribution in [0.2, 0.25) is 0 Å². The van der Waals surface area contributed by atoms with Gasteiger partial charge in [-0.3, -0.25) is 4.79 Å². The maximum Gasteiger partial charge on any atom is 0.309 e. The van der Waals surface area contributed by atoms with Crippen molar-refractivity contribution in [3.63, 3.8) is 0 Å². The molecular weight excluding hydrogens is 412 g/mol. The summed E-state index contributed by atoms with van der Waals surface area (Å²) >= 11 is 3.52. The Morgan fingerprint density at radius 1 is 0.750 bits per heavy atom. The van der Waals surface area contributed by atoms with Crippen LogP contribution in [0.15, 0.2) is 0 Å². The molecule has 0 amide bonds. The Kier molecular flexibility index (Phi) is 17.7. The summed E-state index contributed by atoms with van der Waals surface area (Å²) in [6, 6.07) is 0. The van der Waals surface area contributed by atoms with Gasteiger partial charge < -0.3 is 5.11 Å². The number of hydrogen-bond donors (Lipinski definition) is 1. The molecule has 0 aliphatic heterocycles. The summed E-state index contributed by atoms with van der Waals surface area (Å²) in [4.78, 5) is 12.1. The SMILES string of the molecule is CCCCCCCCC(CCCCCC)C(CCCCCBr)C(C)(C)C(=O)O. The zero-order valence-electron chi connectivity index (χ0n) is 19.4. The van der Waals surface area contributed by atoms with Crippen LogP contribution in [0.5, 0.6) is 0 Å². The van der Waals surface area contributed by atoms with Crippen LogP contribution in [-0.2, 0) is 4.79 Å². The number of carboxylic acids is 1. The highest BCUT2D eigenvalue weighted by molar-refractivity contribution is 9.09. The van der Waals surface area contributed by atoms with Crippen molar-refractivity contribution in [2.45, 2.75) is 130 Å². The summed E-state index contributed by atoms with van der Waals surface area (Å²) < 4.78 is 0. The van der Waals surface area contributed by atoms with Gasteiger partial charge in [-0.1, -0.05) is 120 Å². The normalized spacial score (nSPS) is 14.2. The molecule has 0 aromatic heterocycles. The lowest BCUT2D eigenvalue weighted by molar-refractivity contribution is -0.152. The zero-order chi connectivity index (χ0) is 21.3. The molecule has 168 valence electrons. The molecule has 28 heavy (non-hydrogen) atoms. The zero-order valence-corrected chi connectivity index (χ0v) is 21.0. The lowest BCUT2D eigenvalue weighted by atomic mass is 9.66. The smallest absolute Gasteiger partial charge is 0.309 e. The maximum atomic E-state index is 12.1. The van der Waals surface area contributed by atoms with E-state index < -0.39 is 11.4 Å². The first-order valence-corrected chi connectivity index (χ1v) is 13.3. The van der Waals surface area contributed by atoms with Gasteiger partial charge in [0.15, 0.2) is 0 Å². The van der Waals surface area contributed by atoms with Crippen LogP contribution in [0.1, 0.15) is 130 Å². The van der Waals surface area contributed by atoms with E-state index in [2.05, 4.69) is 29.8 Å². The van der Waals surface area contributed by atoms with Gasteiger partial charge in [0.1, 0.15) is 0 Å². The first-order valence-electron chi connectivity index (χ1n) is 12.2. The summed E-state index contributed by atoms with van der Waals surface area (Å²) in [5, 5.41) is 11.0. The second-order valence-corrected chi connectivity index (χ2v) is 10.1. The Morgan fingerprint density at radius 3 is 1.68 bits per heavy atom. The highest BCUT2D eigenvalue weighted by Crippen LogP contribution is 2.41. The van der Waals surface area contributed by atoms with Gasteiger partial charge in [0.25, 0.3) is 0 Å². The topological polar surface area (TPSA) is 37.3 Å². The van der Waals surface area contributed by atoms with Crippen LogP contribution >= 0.6 is 15.9 Å². The van der Waals surface area contributed by atoms with Gasteiger partial charge in [0.05, 0.1) is 5.41 Å². The number of alkyl halides is 1. The Labute approximate surface area is 184 Å². The number of halogens is 1. The monoisotopic (exact) mass is 460 g/mol. The van der Waals surface area contributed by atoms with Gasteiger partial charge >= 0.3 is 5.97 Å². The minimum absolute atomic E-state index is 0.303. The van der Waals surface area contributed by atoms with E-state index in [4.69, 9.17) is 0 Å². The fourth-order valence-corrected chi connectivity index (χ4v) is 4.94. The molecule has 2 nitrogen and oxygen atoms in total. The third-order valence-electron chi connectivity index (χ3n) is 6.55. The van der Waals surface area contributed by atoms with Crippen LogP contribution in [0.4, 0.5) is 0 Å². The quantitative estimate of drug-likeness (QED) is 0.145. The van der Waals surface area contributed by atoms with E-state index in [1.807, 2.05) is 13.8 Å². The molecule has 1 N–H and O–H groups in total. The van der Waals surface area contributed by atoms with Crippen LogP contribution in [0, 0.1) is 17.3 Å². The second kappa shape index (κ2) is 17.8. The molecule has 0 radical (unpaired) electrons. The Morgan fingerprint density at radius 2 is 1.18 bits per heavy atom. The standard InChI is InChI=1S/C25H49BrO2/c1-5-7-9-11-12-15-19-22(18-14-10-8-6-2)23(20-16-13-17-21-26)25(3,4)24(27)28/h22-23H,5-21H2,1-4H3,(H,27,28). The van der Waals surface area contributed by atoms with Gasteiger partial charge in [0, 0.05) is 5.33 Å². The van der Waals surface area contributed by atoms with Crippen molar-refractivity contribution in [3.05, 3.63) is 0 Å². The number of carbonyl (C=O) groups is 1. The van der Waals surface area contributed by atoms with Gasteiger partial charge in [0.2, 0.25) is 0 Å². The third kappa shape index (κ3) is 12.5. The average Bonchev–Trinajstić information content (AvgIpc) is 2.66. The van der Waals surface area contributed by atoms with E-state index in [0.717, 1.165) is 18.2 Å². The van der Waals surface area contributed by atoms with E-state index in [9.17, 15) is 9.90 Å². The Bertz CT molecular complexity index is 368. The molecule has 2 atom stereocenters. The first kappa shape index (κ1) is 27.9. The summed E-state index contributed by atoms with van der Waals surface area (Å²) in [5.74, 6) is 0.259. The van der Waals surface area contributed by atoms with Crippen molar-refractivity contribution in [2.75, 3.05) is 5.33 Å². The fourth-order valence-electron chi connectivity index (χ4n) is 4.55. The lowest BCUT2D eigenvalue weighted by Gasteiger charge is -2.37. The molecule has 0 saturated carbocycles. The molecule has 0 aromatic carbocycles. The molecule has 0 fully saturated rings. The number of carboxylic acid groups (broad SMARTS) is 1. The Hall–Kier alpha value is -0.0500. The second-order valence-electron chi connectivity index (χ2n) is 9.34. The van der Waals surface area contributed by atoms with Gasteiger partial charge in [-0.25, -0.2) is 0 Å². The summed E-state index contributed by atoms with van der Waals surface area (Å²) in [6.45, 7) is 8.48. The van der Waals surface area contributed by atoms with Gasteiger partial charge in [-0.2, -0.15) is 0 Å². The fraction of sp³-hybridized carbons (Fsp3) is 0.960. The molecule has 0 rings (SSSR count). The largest absolute Gasteiger partial charge is 0.481 e. The van der Waals surface area contributed by atoms with E-state index in [0.29, 0.717) is 11.8 Å². The predicted octanol–water partition coefficient (Wildman–Crippen LogP) is 9.01. The van der Waals surface area contributed by atoms with E-state index in [1.165, 1.54) is 89.9 Å². The van der Waals surface area contributed by atoms with E-state index in [-0.39, 0.29) is 0 Å². The minimum Gasteiger partial charge on any atom is -0.481 e. The van der Waals surface area contributed by atoms with Gasteiger partial charge in [-0.15, -0.1) is 0 Å². The molecule has 2 unspecified atom stereocenters. The van der Waals surface area contributed by atoms with Crippen LogP contribution < -0.4 is 0 Å². The maximum absolute atomic E-state index is 12.1. The third-order valence-corrected chi connectivity index (χ3v) is 7.11. The number of aliphatic carboxylic acids is 1. The van der Waals surface area contributed by atoms with E-state index in [1.54, 1.807) is 0 Å². The van der Waals surface area contributed by atoms with Crippen LogP contribution in [0.25, 0.3) is 0 Å². The van der Waals surface area contributed by atoms with Crippen molar-refractivity contribution < 1.29 is 9.90 Å². The van der Waals surface area contributed by atoms with Crippen molar-refractivity contribution in [3.8, 4) is 0 Å². The van der Waals surface area contributed by atoms with Crippen molar-refractivity contribution in [1.82, 2.24) is 0 Å². The average molecular weight is 462 g/mol. The first-order chi connectivity index (χ1) is 13.4. The predicted molar refractivity (Wildman–Crippen MR) is 127 cm³/mol. The molecule has 0 aliphatic carbocycles. The van der Waals surface area contributed by atoms with E-state index >= 15 is 0 Å². The number of unbranched alkanes of at least 4 members (excludes halogenated alkanes) is 10. The molecule has 0 bridgehead atoms. The summed E-state index contributed by atoms with van der Waals surface area (Å²) in [7, 11) is 0. The molecular formula is C25H49BrO2. The molecule has 3 heteroatoms. The molecule has 0 heterocycles. The summed E-state index contributed by atoms with van der Waals surface area (Å²) in [6.07, 6.45) is 20.1. The molecule has 0 aliphatic rings. The van der Waals surface area contributed by atoms with Crippen molar-refractivity contribution in [1.29, 1.82) is 0 Å².